The first kappa shape index (κ1) is 13.7. The summed E-state index contributed by atoms with van der Waals surface area (Å²) in [6.07, 6.45) is 1.71. The summed E-state index contributed by atoms with van der Waals surface area (Å²) >= 11 is 1.59. The van der Waals surface area contributed by atoms with Crippen molar-refractivity contribution < 1.29 is 4.79 Å². The number of nitrogens with zero attached hydrogens (tertiary/aromatic N) is 3. The minimum Gasteiger partial charge on any atom is -0.368 e. The van der Waals surface area contributed by atoms with Gasteiger partial charge in [-0.3, -0.25) is 4.79 Å². The van der Waals surface area contributed by atoms with E-state index >= 15 is 0 Å². The van der Waals surface area contributed by atoms with Gasteiger partial charge in [0.15, 0.2) is 0 Å². The quantitative estimate of drug-likeness (QED) is 0.876. The Kier molecular flexibility index (Phi) is 4.31. The number of hydrogen-bond acceptors (Lipinski definition) is 5. The fourth-order valence-corrected chi connectivity index (χ4v) is 2.78. The molecule has 0 aliphatic rings. The fraction of sp³-hybridized carbons (Fsp3) is 0.462. The number of thiophene rings is 1. The van der Waals surface area contributed by atoms with Crippen molar-refractivity contribution in [3.8, 4) is 0 Å². The highest BCUT2D eigenvalue weighted by Gasteiger charge is 2.16. The van der Waals surface area contributed by atoms with E-state index in [0.717, 1.165) is 41.2 Å². The summed E-state index contributed by atoms with van der Waals surface area (Å²) in [6.45, 7) is 5.05. The Morgan fingerprint density at radius 1 is 1.42 bits per heavy atom. The SMILES string of the molecule is CCCN(CC(N)=O)c1nc(CC)nc2sccc12. The van der Waals surface area contributed by atoms with Crippen LogP contribution in [0.5, 0.6) is 0 Å². The smallest absolute Gasteiger partial charge is 0.236 e. The van der Waals surface area contributed by atoms with Crippen molar-refractivity contribution in [3.63, 3.8) is 0 Å². The zero-order chi connectivity index (χ0) is 13.8. The number of carbonyl (C=O) groups is 1. The van der Waals surface area contributed by atoms with Crippen LogP contribution < -0.4 is 10.6 Å². The van der Waals surface area contributed by atoms with Crippen LogP contribution in [0.2, 0.25) is 0 Å². The van der Waals surface area contributed by atoms with Crippen LogP contribution in [0.25, 0.3) is 10.2 Å². The monoisotopic (exact) mass is 278 g/mol. The summed E-state index contributed by atoms with van der Waals surface area (Å²) < 4.78 is 0. The standard InChI is InChI=1S/C13H18N4OS/c1-3-6-17(8-10(14)18)12-9-5-7-19-13(9)16-11(4-2)15-12/h5,7H,3-4,6,8H2,1-2H3,(H2,14,18). The van der Waals surface area contributed by atoms with Crippen LogP contribution >= 0.6 is 11.3 Å². The van der Waals surface area contributed by atoms with Crippen molar-refractivity contribution >= 4 is 33.3 Å². The van der Waals surface area contributed by atoms with Crippen LogP contribution in [0.4, 0.5) is 5.82 Å². The molecule has 102 valence electrons. The van der Waals surface area contributed by atoms with E-state index in [1.54, 1.807) is 11.3 Å². The first-order chi connectivity index (χ1) is 9.15. The lowest BCUT2D eigenvalue weighted by Crippen LogP contribution is -2.35. The maximum Gasteiger partial charge on any atom is 0.236 e. The van der Waals surface area contributed by atoms with E-state index in [9.17, 15) is 4.79 Å². The van der Waals surface area contributed by atoms with Crippen LogP contribution in [0.3, 0.4) is 0 Å². The van der Waals surface area contributed by atoms with Crippen LogP contribution in [-0.2, 0) is 11.2 Å². The second kappa shape index (κ2) is 5.97. The molecule has 5 nitrogen and oxygen atoms in total. The molecule has 2 rings (SSSR count). The Morgan fingerprint density at radius 2 is 2.21 bits per heavy atom. The first-order valence-corrected chi connectivity index (χ1v) is 7.31. The van der Waals surface area contributed by atoms with Crippen molar-refractivity contribution in [2.75, 3.05) is 18.0 Å². The zero-order valence-corrected chi connectivity index (χ0v) is 12.0. The lowest BCUT2D eigenvalue weighted by Gasteiger charge is -2.22. The predicted molar refractivity (Wildman–Crippen MR) is 78.5 cm³/mol. The van der Waals surface area contributed by atoms with Crippen molar-refractivity contribution in [3.05, 3.63) is 17.3 Å². The Morgan fingerprint density at radius 3 is 2.84 bits per heavy atom. The molecule has 0 aliphatic carbocycles. The lowest BCUT2D eigenvalue weighted by atomic mass is 10.3. The number of nitrogens with two attached hydrogens (primary N) is 1. The summed E-state index contributed by atoms with van der Waals surface area (Å²) in [5.74, 6) is 1.28. The normalized spacial score (nSPS) is 10.8. The number of aromatic nitrogens is 2. The van der Waals surface area contributed by atoms with E-state index in [4.69, 9.17) is 5.73 Å². The largest absolute Gasteiger partial charge is 0.368 e. The number of aryl methyl sites for hydroxylation is 1. The van der Waals surface area contributed by atoms with Gasteiger partial charge in [0.25, 0.3) is 0 Å². The highest BCUT2D eigenvalue weighted by molar-refractivity contribution is 7.16. The van der Waals surface area contributed by atoms with Gasteiger partial charge in [-0.2, -0.15) is 0 Å². The van der Waals surface area contributed by atoms with Gasteiger partial charge in [-0.05, 0) is 17.9 Å². The number of hydrogen-bond donors (Lipinski definition) is 1. The molecule has 2 aromatic rings. The average Bonchev–Trinajstić information content (AvgIpc) is 2.84. The van der Waals surface area contributed by atoms with E-state index < -0.39 is 0 Å². The maximum absolute atomic E-state index is 11.2. The minimum atomic E-state index is -0.339. The van der Waals surface area contributed by atoms with Gasteiger partial charge in [0, 0.05) is 13.0 Å². The minimum absolute atomic E-state index is 0.193. The summed E-state index contributed by atoms with van der Waals surface area (Å²) in [6, 6.07) is 2.00. The molecule has 1 amide bonds. The number of fused-ring (bicyclic) bond motifs is 1. The average molecular weight is 278 g/mol. The molecule has 2 heterocycles. The number of rotatable bonds is 6. The molecular weight excluding hydrogens is 260 g/mol. The van der Waals surface area contributed by atoms with Crippen LogP contribution in [0, 0.1) is 0 Å². The van der Waals surface area contributed by atoms with E-state index in [-0.39, 0.29) is 12.5 Å². The summed E-state index contributed by atoms with van der Waals surface area (Å²) in [5.41, 5.74) is 5.33. The topological polar surface area (TPSA) is 72.1 Å². The van der Waals surface area contributed by atoms with Gasteiger partial charge in [0.1, 0.15) is 16.5 Å². The lowest BCUT2D eigenvalue weighted by molar-refractivity contribution is -0.116. The second-order valence-corrected chi connectivity index (χ2v) is 5.24. The van der Waals surface area contributed by atoms with Crippen molar-refractivity contribution in [2.24, 2.45) is 5.73 Å². The fourth-order valence-electron chi connectivity index (χ4n) is 2.00. The van der Waals surface area contributed by atoms with E-state index in [1.165, 1.54) is 0 Å². The number of carbonyl (C=O) groups excluding carboxylic acids is 1. The van der Waals surface area contributed by atoms with Gasteiger partial charge >= 0.3 is 0 Å². The molecule has 0 aliphatic heterocycles. The molecule has 0 fully saturated rings. The van der Waals surface area contributed by atoms with E-state index in [1.807, 2.05) is 23.3 Å². The zero-order valence-electron chi connectivity index (χ0n) is 11.2. The van der Waals surface area contributed by atoms with Gasteiger partial charge in [-0.15, -0.1) is 11.3 Å². The summed E-state index contributed by atoms with van der Waals surface area (Å²) in [4.78, 5) is 23.2. The highest BCUT2D eigenvalue weighted by atomic mass is 32.1. The van der Waals surface area contributed by atoms with Crippen molar-refractivity contribution in [1.82, 2.24) is 9.97 Å². The molecule has 6 heteroatoms. The maximum atomic E-state index is 11.2. The highest BCUT2D eigenvalue weighted by Crippen LogP contribution is 2.28. The van der Waals surface area contributed by atoms with Crippen molar-refractivity contribution in [1.29, 1.82) is 0 Å². The first-order valence-electron chi connectivity index (χ1n) is 6.43. The molecule has 0 unspecified atom stereocenters. The van der Waals surface area contributed by atoms with Gasteiger partial charge in [-0.25, -0.2) is 9.97 Å². The summed E-state index contributed by atoms with van der Waals surface area (Å²) in [5, 5.41) is 2.99. The van der Waals surface area contributed by atoms with Crippen LogP contribution in [0.15, 0.2) is 11.4 Å². The van der Waals surface area contributed by atoms with Crippen molar-refractivity contribution in [2.45, 2.75) is 26.7 Å². The molecule has 0 atom stereocenters. The number of primary amides is 1. The van der Waals surface area contributed by atoms with E-state index in [2.05, 4.69) is 16.9 Å². The molecule has 0 saturated heterocycles. The Labute approximate surface area is 116 Å². The molecule has 2 aromatic heterocycles. The van der Waals surface area contributed by atoms with Crippen LogP contribution in [0.1, 0.15) is 26.1 Å². The molecule has 0 bridgehead atoms. The molecule has 0 saturated carbocycles. The molecule has 0 radical (unpaired) electrons. The second-order valence-electron chi connectivity index (χ2n) is 4.34. The molecule has 19 heavy (non-hydrogen) atoms. The predicted octanol–water partition coefficient (Wildman–Crippen LogP) is 1.96. The Bertz CT molecular complexity index is 581. The molecular formula is C13H18N4OS. The van der Waals surface area contributed by atoms with Gasteiger partial charge in [0.05, 0.1) is 11.9 Å². The summed E-state index contributed by atoms with van der Waals surface area (Å²) in [7, 11) is 0. The van der Waals surface area contributed by atoms with Crippen LogP contribution in [-0.4, -0.2) is 29.0 Å². The number of anilines is 1. The third-order valence-electron chi connectivity index (χ3n) is 2.81. The van der Waals surface area contributed by atoms with E-state index in [0.29, 0.717) is 0 Å². The van der Waals surface area contributed by atoms with Gasteiger partial charge in [0.2, 0.25) is 5.91 Å². The van der Waals surface area contributed by atoms with Gasteiger partial charge in [-0.1, -0.05) is 13.8 Å². The molecule has 0 aromatic carbocycles. The number of amides is 1. The van der Waals surface area contributed by atoms with Gasteiger partial charge < -0.3 is 10.6 Å². The Hall–Kier alpha value is -1.69. The molecule has 2 N–H and O–H groups in total. The third kappa shape index (κ3) is 3.01. The Balaban J connectivity index is 2.49. The molecule has 0 spiro atoms. The third-order valence-corrected chi connectivity index (χ3v) is 3.61.